The Kier molecular flexibility index (Phi) is 1.40. The maximum Gasteiger partial charge on any atom is -0.0165 e. The fourth-order valence-corrected chi connectivity index (χ4v) is 2.29. The van der Waals surface area contributed by atoms with Crippen LogP contribution < -0.4 is 0 Å². The predicted octanol–water partition coefficient (Wildman–Crippen LogP) is 2.77. The van der Waals surface area contributed by atoms with Gasteiger partial charge in [0.15, 0.2) is 0 Å². The smallest absolute Gasteiger partial charge is 0.0165 e. The van der Waals surface area contributed by atoms with Crippen molar-refractivity contribution in [3.05, 3.63) is 24.3 Å². The first kappa shape index (κ1) is 6.21. The van der Waals surface area contributed by atoms with Gasteiger partial charge in [0, 0.05) is 0 Å². The van der Waals surface area contributed by atoms with Crippen LogP contribution in [0.5, 0.6) is 0 Å². The Morgan fingerprint density at radius 2 is 2.20 bits per heavy atom. The largest absolute Gasteiger partial charge is 0.0914 e. The van der Waals surface area contributed by atoms with Gasteiger partial charge in [0.25, 0.3) is 0 Å². The van der Waals surface area contributed by atoms with Gasteiger partial charge in [0.1, 0.15) is 0 Å². The first-order chi connectivity index (χ1) is 4.90. The third-order valence-corrected chi connectivity index (χ3v) is 2.77. The van der Waals surface area contributed by atoms with Crippen LogP contribution in [0.2, 0.25) is 0 Å². The molecule has 0 spiro atoms. The van der Waals surface area contributed by atoms with Gasteiger partial charge in [-0.1, -0.05) is 24.3 Å². The minimum absolute atomic E-state index is 0.875. The lowest BCUT2D eigenvalue weighted by atomic mass is 9.93. The second kappa shape index (κ2) is 2.26. The molecule has 0 aromatic rings. The quantitative estimate of drug-likeness (QED) is 0.484. The zero-order valence-electron chi connectivity index (χ0n) is 6.46. The van der Waals surface area contributed by atoms with Gasteiger partial charge in [-0.15, -0.1) is 0 Å². The number of rotatable bonds is 1. The molecule has 0 aromatic carbocycles. The van der Waals surface area contributed by atoms with Gasteiger partial charge in [-0.05, 0) is 37.5 Å². The Morgan fingerprint density at radius 1 is 1.30 bits per heavy atom. The standard InChI is InChI=1S/C10H14/c1-2-3-9-6-8-4-5-10(9)7-8/h2-5,8-10H,6-7H2,1H3/b3-2-/t8-,9+,10-/m1/s1. The fraction of sp³-hybridized carbons (Fsp3) is 0.600. The lowest BCUT2D eigenvalue weighted by Crippen LogP contribution is -2.02. The first-order valence-corrected chi connectivity index (χ1v) is 4.21. The molecule has 0 N–H and O–H groups in total. The highest BCUT2D eigenvalue weighted by Crippen LogP contribution is 2.43. The van der Waals surface area contributed by atoms with E-state index in [1.165, 1.54) is 12.8 Å². The van der Waals surface area contributed by atoms with Gasteiger partial charge in [0.05, 0.1) is 0 Å². The predicted molar refractivity (Wildman–Crippen MR) is 43.7 cm³/mol. The van der Waals surface area contributed by atoms with E-state index in [9.17, 15) is 0 Å². The topological polar surface area (TPSA) is 0 Å². The molecule has 0 aromatic heterocycles. The molecule has 0 unspecified atom stereocenters. The summed E-state index contributed by atoms with van der Waals surface area (Å²) in [6, 6.07) is 0. The van der Waals surface area contributed by atoms with Crippen molar-refractivity contribution in [3.8, 4) is 0 Å². The molecule has 2 rings (SSSR count). The summed E-state index contributed by atoms with van der Waals surface area (Å²) in [7, 11) is 0. The SMILES string of the molecule is C/C=C\[C@H]1C[C@H]2C=C[C@@H]1C2. The normalized spacial score (nSPS) is 43.9. The molecule has 2 aliphatic rings. The first-order valence-electron chi connectivity index (χ1n) is 4.21. The van der Waals surface area contributed by atoms with Crippen LogP contribution in [0.3, 0.4) is 0 Å². The van der Waals surface area contributed by atoms with Crippen molar-refractivity contribution in [3.63, 3.8) is 0 Å². The molecule has 0 heteroatoms. The van der Waals surface area contributed by atoms with E-state index in [2.05, 4.69) is 31.2 Å². The van der Waals surface area contributed by atoms with E-state index >= 15 is 0 Å². The molecule has 0 aliphatic heterocycles. The van der Waals surface area contributed by atoms with Crippen molar-refractivity contribution in [2.45, 2.75) is 19.8 Å². The molecule has 2 bridgehead atoms. The van der Waals surface area contributed by atoms with Crippen molar-refractivity contribution in [2.75, 3.05) is 0 Å². The minimum Gasteiger partial charge on any atom is -0.0914 e. The highest BCUT2D eigenvalue weighted by atomic mass is 14.4. The van der Waals surface area contributed by atoms with Crippen molar-refractivity contribution >= 4 is 0 Å². The molecule has 0 amide bonds. The monoisotopic (exact) mass is 134 g/mol. The average molecular weight is 134 g/mol. The summed E-state index contributed by atoms with van der Waals surface area (Å²) < 4.78 is 0. The van der Waals surface area contributed by atoms with Crippen LogP contribution in [0.1, 0.15) is 19.8 Å². The van der Waals surface area contributed by atoms with E-state index in [1.807, 2.05) is 0 Å². The van der Waals surface area contributed by atoms with Gasteiger partial charge in [-0.3, -0.25) is 0 Å². The molecule has 0 saturated heterocycles. The molecule has 0 radical (unpaired) electrons. The Bertz CT molecular complexity index is 176. The second-order valence-corrected chi connectivity index (χ2v) is 3.47. The highest BCUT2D eigenvalue weighted by Gasteiger charge is 2.33. The number of allylic oxidation sites excluding steroid dienone is 4. The van der Waals surface area contributed by atoms with Crippen LogP contribution >= 0.6 is 0 Å². The van der Waals surface area contributed by atoms with Crippen LogP contribution in [-0.2, 0) is 0 Å². The molecule has 54 valence electrons. The van der Waals surface area contributed by atoms with Crippen LogP contribution in [0.15, 0.2) is 24.3 Å². The number of hydrogen-bond donors (Lipinski definition) is 0. The molecular weight excluding hydrogens is 120 g/mol. The average Bonchev–Trinajstić information content (AvgIpc) is 2.48. The van der Waals surface area contributed by atoms with Crippen molar-refractivity contribution in [1.82, 2.24) is 0 Å². The summed E-state index contributed by atoms with van der Waals surface area (Å²) in [6.45, 7) is 2.12. The maximum absolute atomic E-state index is 2.40. The van der Waals surface area contributed by atoms with E-state index in [0.29, 0.717) is 0 Å². The summed E-state index contributed by atoms with van der Waals surface area (Å²) in [6.07, 6.45) is 12.2. The van der Waals surface area contributed by atoms with E-state index in [-0.39, 0.29) is 0 Å². The van der Waals surface area contributed by atoms with E-state index in [4.69, 9.17) is 0 Å². The molecule has 0 nitrogen and oxygen atoms in total. The lowest BCUT2D eigenvalue weighted by molar-refractivity contribution is 0.549. The van der Waals surface area contributed by atoms with Crippen molar-refractivity contribution in [1.29, 1.82) is 0 Å². The van der Waals surface area contributed by atoms with Gasteiger partial charge in [-0.25, -0.2) is 0 Å². The van der Waals surface area contributed by atoms with E-state index in [0.717, 1.165) is 17.8 Å². The minimum atomic E-state index is 0.875. The van der Waals surface area contributed by atoms with Gasteiger partial charge in [0.2, 0.25) is 0 Å². The highest BCUT2D eigenvalue weighted by molar-refractivity contribution is 5.13. The molecule has 1 fully saturated rings. The third-order valence-electron chi connectivity index (χ3n) is 2.77. The number of fused-ring (bicyclic) bond motifs is 2. The van der Waals surface area contributed by atoms with Gasteiger partial charge in [-0.2, -0.15) is 0 Å². The van der Waals surface area contributed by atoms with Crippen LogP contribution in [0.25, 0.3) is 0 Å². The molecule has 0 heterocycles. The van der Waals surface area contributed by atoms with Crippen LogP contribution in [0, 0.1) is 17.8 Å². The van der Waals surface area contributed by atoms with Crippen LogP contribution in [0.4, 0.5) is 0 Å². The maximum atomic E-state index is 2.40. The molecule has 3 atom stereocenters. The van der Waals surface area contributed by atoms with Crippen molar-refractivity contribution in [2.24, 2.45) is 17.8 Å². The Hall–Kier alpha value is -0.520. The Balaban J connectivity index is 2.09. The summed E-state index contributed by atoms with van der Waals surface area (Å²) in [5.74, 6) is 2.69. The van der Waals surface area contributed by atoms with E-state index < -0.39 is 0 Å². The zero-order valence-corrected chi connectivity index (χ0v) is 6.46. The van der Waals surface area contributed by atoms with Gasteiger partial charge < -0.3 is 0 Å². The number of hydrogen-bond acceptors (Lipinski definition) is 0. The summed E-state index contributed by atoms with van der Waals surface area (Å²) >= 11 is 0. The lowest BCUT2D eigenvalue weighted by Gasteiger charge is -2.12. The van der Waals surface area contributed by atoms with Gasteiger partial charge >= 0.3 is 0 Å². The van der Waals surface area contributed by atoms with E-state index in [1.54, 1.807) is 0 Å². The summed E-state index contributed by atoms with van der Waals surface area (Å²) in [4.78, 5) is 0. The fourth-order valence-electron chi connectivity index (χ4n) is 2.29. The molecule has 2 aliphatic carbocycles. The van der Waals surface area contributed by atoms with Crippen LogP contribution in [-0.4, -0.2) is 0 Å². The Labute approximate surface area is 62.6 Å². The Morgan fingerprint density at radius 3 is 2.70 bits per heavy atom. The third kappa shape index (κ3) is 0.828. The summed E-state index contributed by atoms with van der Waals surface area (Å²) in [5.41, 5.74) is 0. The molecule has 1 saturated carbocycles. The molecule has 10 heavy (non-hydrogen) atoms. The second-order valence-electron chi connectivity index (χ2n) is 3.47. The van der Waals surface area contributed by atoms with Crippen molar-refractivity contribution < 1.29 is 0 Å². The molecular formula is C10H14. The zero-order chi connectivity index (χ0) is 6.97. The summed E-state index contributed by atoms with van der Waals surface area (Å²) in [5, 5.41) is 0.